The monoisotopic (exact) mass is 249 g/mol. The molecular formula is C12H19N5O. The Morgan fingerprint density at radius 3 is 2.72 bits per heavy atom. The molecule has 2 atom stereocenters. The standard InChI is InChI=1S/C12H19N5O/c1-2-14-12-15-6-8(7-16-12)11(18)17-10-4-3-9(13)5-10/h6-7,9-10H,2-5,13H2,1H3,(H,17,18)(H,14,15,16)/t9-,10-/m1/s1. The fourth-order valence-corrected chi connectivity index (χ4v) is 2.11. The third-order valence-electron chi connectivity index (χ3n) is 3.06. The topological polar surface area (TPSA) is 92.9 Å². The van der Waals surface area contributed by atoms with Crippen LogP contribution in [0.15, 0.2) is 12.4 Å². The molecule has 0 radical (unpaired) electrons. The fourth-order valence-electron chi connectivity index (χ4n) is 2.11. The SMILES string of the molecule is CCNc1ncc(C(=O)N[C@@H]2CC[C@@H](N)C2)cn1. The van der Waals surface area contributed by atoms with Gasteiger partial charge in [0.25, 0.3) is 5.91 Å². The van der Waals surface area contributed by atoms with E-state index in [-0.39, 0.29) is 18.0 Å². The second kappa shape index (κ2) is 5.77. The minimum absolute atomic E-state index is 0.128. The molecule has 6 nitrogen and oxygen atoms in total. The first-order chi connectivity index (χ1) is 8.69. The molecule has 6 heteroatoms. The van der Waals surface area contributed by atoms with Gasteiger partial charge in [-0.1, -0.05) is 0 Å². The van der Waals surface area contributed by atoms with Gasteiger partial charge >= 0.3 is 0 Å². The molecule has 1 heterocycles. The summed E-state index contributed by atoms with van der Waals surface area (Å²) >= 11 is 0. The number of nitrogens with one attached hydrogen (secondary N) is 2. The summed E-state index contributed by atoms with van der Waals surface area (Å²) < 4.78 is 0. The molecule has 1 aromatic rings. The molecule has 1 aromatic heterocycles. The highest BCUT2D eigenvalue weighted by Crippen LogP contribution is 2.17. The minimum Gasteiger partial charge on any atom is -0.355 e. The number of nitrogens with zero attached hydrogens (tertiary/aromatic N) is 2. The first-order valence-electron chi connectivity index (χ1n) is 6.31. The van der Waals surface area contributed by atoms with E-state index in [1.807, 2.05) is 6.92 Å². The van der Waals surface area contributed by atoms with Crippen molar-refractivity contribution in [2.75, 3.05) is 11.9 Å². The molecule has 0 spiro atoms. The Labute approximate surface area is 106 Å². The van der Waals surface area contributed by atoms with Gasteiger partial charge in [0.05, 0.1) is 5.56 Å². The van der Waals surface area contributed by atoms with E-state index in [4.69, 9.17) is 5.73 Å². The normalized spacial score (nSPS) is 22.8. The Bertz CT molecular complexity index is 405. The number of carbonyl (C=O) groups is 1. The van der Waals surface area contributed by atoms with Crippen molar-refractivity contribution in [2.24, 2.45) is 5.73 Å². The van der Waals surface area contributed by atoms with Gasteiger partial charge < -0.3 is 16.4 Å². The molecule has 4 N–H and O–H groups in total. The van der Waals surface area contributed by atoms with E-state index in [0.29, 0.717) is 11.5 Å². The molecule has 1 fully saturated rings. The van der Waals surface area contributed by atoms with Crippen LogP contribution in [0.25, 0.3) is 0 Å². The van der Waals surface area contributed by atoms with E-state index in [2.05, 4.69) is 20.6 Å². The van der Waals surface area contributed by atoms with E-state index in [1.54, 1.807) is 0 Å². The van der Waals surface area contributed by atoms with E-state index >= 15 is 0 Å². The van der Waals surface area contributed by atoms with E-state index in [9.17, 15) is 4.79 Å². The van der Waals surface area contributed by atoms with Gasteiger partial charge in [-0.05, 0) is 26.2 Å². The Kier molecular flexibility index (Phi) is 4.09. The second-order valence-electron chi connectivity index (χ2n) is 4.57. The highest BCUT2D eigenvalue weighted by Gasteiger charge is 2.23. The first-order valence-corrected chi connectivity index (χ1v) is 6.31. The van der Waals surface area contributed by atoms with E-state index < -0.39 is 0 Å². The minimum atomic E-state index is -0.128. The first kappa shape index (κ1) is 12.8. The molecule has 0 bridgehead atoms. The zero-order valence-electron chi connectivity index (χ0n) is 10.5. The Morgan fingerprint density at radius 1 is 1.44 bits per heavy atom. The maximum atomic E-state index is 11.9. The molecule has 0 saturated heterocycles. The van der Waals surface area contributed by atoms with Gasteiger partial charge in [-0.3, -0.25) is 4.79 Å². The van der Waals surface area contributed by atoms with Gasteiger partial charge in [0.1, 0.15) is 0 Å². The van der Waals surface area contributed by atoms with Crippen LogP contribution in [-0.2, 0) is 0 Å². The van der Waals surface area contributed by atoms with Crippen LogP contribution in [0.1, 0.15) is 36.5 Å². The molecule has 0 aliphatic heterocycles. The fraction of sp³-hybridized carbons (Fsp3) is 0.583. The van der Waals surface area contributed by atoms with Crippen LogP contribution in [0.2, 0.25) is 0 Å². The van der Waals surface area contributed by atoms with Crippen LogP contribution in [0, 0.1) is 0 Å². The van der Waals surface area contributed by atoms with Crippen LogP contribution in [0.5, 0.6) is 0 Å². The molecule has 18 heavy (non-hydrogen) atoms. The molecule has 2 rings (SSSR count). The number of amides is 1. The van der Waals surface area contributed by atoms with Crippen molar-refractivity contribution in [3.63, 3.8) is 0 Å². The number of carbonyl (C=O) groups excluding carboxylic acids is 1. The third kappa shape index (κ3) is 3.16. The lowest BCUT2D eigenvalue weighted by atomic mass is 10.2. The van der Waals surface area contributed by atoms with Crippen molar-refractivity contribution in [3.05, 3.63) is 18.0 Å². The van der Waals surface area contributed by atoms with Crippen molar-refractivity contribution in [1.82, 2.24) is 15.3 Å². The number of aromatic nitrogens is 2. The van der Waals surface area contributed by atoms with Gasteiger partial charge in [-0.2, -0.15) is 0 Å². The van der Waals surface area contributed by atoms with Crippen LogP contribution in [-0.4, -0.2) is 34.5 Å². The number of nitrogens with two attached hydrogens (primary N) is 1. The smallest absolute Gasteiger partial charge is 0.254 e. The highest BCUT2D eigenvalue weighted by molar-refractivity contribution is 5.93. The Hall–Kier alpha value is -1.69. The Morgan fingerprint density at radius 2 is 2.17 bits per heavy atom. The number of hydrogen-bond acceptors (Lipinski definition) is 5. The molecule has 1 saturated carbocycles. The molecular weight excluding hydrogens is 230 g/mol. The molecule has 1 aliphatic carbocycles. The predicted molar refractivity (Wildman–Crippen MR) is 69.3 cm³/mol. The summed E-state index contributed by atoms with van der Waals surface area (Å²) in [6.07, 6.45) is 5.84. The third-order valence-corrected chi connectivity index (χ3v) is 3.06. The van der Waals surface area contributed by atoms with Crippen LogP contribution < -0.4 is 16.4 Å². The van der Waals surface area contributed by atoms with Crippen molar-refractivity contribution < 1.29 is 4.79 Å². The van der Waals surface area contributed by atoms with E-state index in [0.717, 1.165) is 25.8 Å². The van der Waals surface area contributed by atoms with Crippen molar-refractivity contribution in [1.29, 1.82) is 0 Å². The lowest BCUT2D eigenvalue weighted by Crippen LogP contribution is -2.34. The summed E-state index contributed by atoms with van der Waals surface area (Å²) in [7, 11) is 0. The van der Waals surface area contributed by atoms with Gasteiger partial charge in [0.2, 0.25) is 5.95 Å². The average Bonchev–Trinajstić information content (AvgIpc) is 2.76. The van der Waals surface area contributed by atoms with Gasteiger partial charge in [0, 0.05) is 31.0 Å². The van der Waals surface area contributed by atoms with Gasteiger partial charge in [-0.25, -0.2) is 9.97 Å². The van der Waals surface area contributed by atoms with E-state index in [1.165, 1.54) is 12.4 Å². The average molecular weight is 249 g/mol. The maximum Gasteiger partial charge on any atom is 0.254 e. The summed E-state index contributed by atoms with van der Waals surface area (Å²) in [6, 6.07) is 0.392. The summed E-state index contributed by atoms with van der Waals surface area (Å²) in [5.41, 5.74) is 6.29. The molecule has 0 unspecified atom stereocenters. The molecule has 1 aliphatic rings. The maximum absolute atomic E-state index is 11.9. The molecule has 98 valence electrons. The summed E-state index contributed by atoms with van der Waals surface area (Å²) in [6.45, 7) is 2.72. The zero-order valence-corrected chi connectivity index (χ0v) is 10.5. The quantitative estimate of drug-likeness (QED) is 0.723. The van der Waals surface area contributed by atoms with Crippen molar-refractivity contribution in [3.8, 4) is 0 Å². The lowest BCUT2D eigenvalue weighted by molar-refractivity contribution is 0.0937. The largest absolute Gasteiger partial charge is 0.355 e. The lowest BCUT2D eigenvalue weighted by Gasteiger charge is -2.12. The predicted octanol–water partition coefficient (Wildman–Crippen LogP) is 0.518. The van der Waals surface area contributed by atoms with Gasteiger partial charge in [-0.15, -0.1) is 0 Å². The number of rotatable bonds is 4. The van der Waals surface area contributed by atoms with Crippen LogP contribution in [0.3, 0.4) is 0 Å². The van der Waals surface area contributed by atoms with Gasteiger partial charge in [0.15, 0.2) is 0 Å². The summed E-state index contributed by atoms with van der Waals surface area (Å²) in [5, 5.41) is 5.94. The summed E-state index contributed by atoms with van der Waals surface area (Å²) in [4.78, 5) is 20.1. The zero-order chi connectivity index (χ0) is 13.0. The van der Waals surface area contributed by atoms with Crippen molar-refractivity contribution >= 4 is 11.9 Å². The van der Waals surface area contributed by atoms with Crippen molar-refractivity contribution in [2.45, 2.75) is 38.3 Å². The molecule has 0 aromatic carbocycles. The van der Waals surface area contributed by atoms with Crippen LogP contribution >= 0.6 is 0 Å². The number of anilines is 1. The molecule has 1 amide bonds. The number of hydrogen-bond donors (Lipinski definition) is 3. The Balaban J connectivity index is 1.92. The van der Waals surface area contributed by atoms with Crippen LogP contribution in [0.4, 0.5) is 5.95 Å². The summed E-state index contributed by atoms with van der Waals surface area (Å²) in [5.74, 6) is 0.411. The second-order valence-corrected chi connectivity index (χ2v) is 4.57. The highest BCUT2D eigenvalue weighted by atomic mass is 16.1.